The number of ketones is 1. The Labute approximate surface area is 106 Å². The lowest BCUT2D eigenvalue weighted by Crippen LogP contribution is -2.33. The Balaban J connectivity index is 1.95. The summed E-state index contributed by atoms with van der Waals surface area (Å²) in [6, 6.07) is 2.98. The van der Waals surface area contributed by atoms with E-state index in [0.29, 0.717) is 5.92 Å². The highest BCUT2D eigenvalue weighted by Crippen LogP contribution is 2.26. The number of Topliss-reactive ketones (excluding diaryl/α,β-unsaturated/α-hetero) is 1. The summed E-state index contributed by atoms with van der Waals surface area (Å²) in [7, 11) is 1.84. The van der Waals surface area contributed by atoms with Crippen LogP contribution in [0.5, 0.6) is 0 Å². The first-order chi connectivity index (χ1) is 8.56. The summed E-state index contributed by atoms with van der Waals surface area (Å²) in [6.07, 6.45) is 3.66. The van der Waals surface area contributed by atoms with Gasteiger partial charge in [-0.15, -0.1) is 0 Å². The number of likely N-dealkylation sites (N-methyl/N-ethyl adjacent to an activating group) is 1. The smallest absolute Gasteiger partial charge is 0.179 e. The van der Waals surface area contributed by atoms with E-state index in [-0.39, 0.29) is 17.9 Å². The van der Waals surface area contributed by atoms with Gasteiger partial charge in [-0.1, -0.05) is 6.42 Å². The second-order valence-corrected chi connectivity index (χ2v) is 5.04. The number of hydrogen-bond acceptors (Lipinski definition) is 2. The molecule has 0 bridgehead atoms. The average Bonchev–Trinajstić information content (AvgIpc) is 2.27. The van der Waals surface area contributed by atoms with Crippen molar-refractivity contribution >= 4 is 5.78 Å². The van der Waals surface area contributed by atoms with Gasteiger partial charge in [0.25, 0.3) is 0 Å². The average molecular weight is 253 g/mol. The van der Waals surface area contributed by atoms with E-state index in [1.807, 2.05) is 11.9 Å². The van der Waals surface area contributed by atoms with E-state index < -0.39 is 11.6 Å². The molecule has 4 heteroatoms. The number of halogens is 2. The van der Waals surface area contributed by atoms with Crippen LogP contribution in [0.15, 0.2) is 18.2 Å². The van der Waals surface area contributed by atoms with Crippen LogP contribution in [0.1, 0.15) is 29.6 Å². The molecular weight excluding hydrogens is 236 g/mol. The first-order valence-electron chi connectivity index (χ1n) is 6.23. The minimum atomic E-state index is -0.654. The van der Waals surface area contributed by atoms with Crippen LogP contribution in [0.4, 0.5) is 8.78 Å². The zero-order chi connectivity index (χ0) is 13.1. The van der Waals surface area contributed by atoms with Crippen molar-refractivity contribution in [2.45, 2.75) is 19.3 Å². The summed E-state index contributed by atoms with van der Waals surface area (Å²) in [4.78, 5) is 13.8. The fourth-order valence-corrected chi connectivity index (χ4v) is 2.22. The van der Waals surface area contributed by atoms with Gasteiger partial charge in [-0.05, 0) is 44.0 Å². The number of carbonyl (C=O) groups is 1. The molecule has 1 fully saturated rings. The van der Waals surface area contributed by atoms with E-state index in [2.05, 4.69) is 0 Å². The van der Waals surface area contributed by atoms with Crippen molar-refractivity contribution in [2.75, 3.05) is 20.1 Å². The topological polar surface area (TPSA) is 20.3 Å². The van der Waals surface area contributed by atoms with E-state index in [1.165, 1.54) is 19.3 Å². The lowest BCUT2D eigenvalue weighted by Gasteiger charge is -2.29. The van der Waals surface area contributed by atoms with Crippen LogP contribution in [0, 0.1) is 17.6 Å². The van der Waals surface area contributed by atoms with Gasteiger partial charge in [-0.3, -0.25) is 9.69 Å². The maximum absolute atomic E-state index is 13.4. The molecule has 0 aliphatic heterocycles. The second-order valence-electron chi connectivity index (χ2n) is 5.04. The molecule has 0 radical (unpaired) electrons. The molecular formula is C14H17F2NO. The quantitative estimate of drug-likeness (QED) is 0.752. The van der Waals surface area contributed by atoms with Crippen molar-refractivity contribution in [2.24, 2.45) is 5.92 Å². The van der Waals surface area contributed by atoms with E-state index in [0.717, 1.165) is 24.7 Å². The SMILES string of the molecule is CN(CC(=O)c1cc(F)ccc1F)CC1CCC1. The molecule has 18 heavy (non-hydrogen) atoms. The molecule has 0 aromatic heterocycles. The number of hydrogen-bond donors (Lipinski definition) is 0. The molecule has 1 aliphatic carbocycles. The van der Waals surface area contributed by atoms with Crippen LogP contribution in [0.2, 0.25) is 0 Å². The van der Waals surface area contributed by atoms with Crippen LogP contribution in [-0.2, 0) is 0 Å². The van der Waals surface area contributed by atoms with Crippen LogP contribution in [-0.4, -0.2) is 30.8 Å². The molecule has 2 rings (SSSR count). The van der Waals surface area contributed by atoms with Gasteiger partial charge >= 0.3 is 0 Å². The summed E-state index contributed by atoms with van der Waals surface area (Å²) in [5.74, 6) is -0.950. The second kappa shape index (κ2) is 5.57. The highest BCUT2D eigenvalue weighted by molar-refractivity contribution is 5.97. The van der Waals surface area contributed by atoms with Crippen molar-refractivity contribution < 1.29 is 13.6 Å². The first kappa shape index (κ1) is 13.1. The van der Waals surface area contributed by atoms with Crippen molar-refractivity contribution in [1.82, 2.24) is 4.90 Å². The highest BCUT2D eigenvalue weighted by atomic mass is 19.1. The third-order valence-electron chi connectivity index (χ3n) is 3.44. The zero-order valence-electron chi connectivity index (χ0n) is 10.5. The number of nitrogens with zero attached hydrogens (tertiary/aromatic N) is 1. The molecule has 1 saturated carbocycles. The minimum Gasteiger partial charge on any atom is -0.299 e. The Morgan fingerprint density at radius 2 is 2.11 bits per heavy atom. The van der Waals surface area contributed by atoms with Gasteiger partial charge in [-0.2, -0.15) is 0 Å². The molecule has 0 amide bonds. The Kier molecular flexibility index (Phi) is 4.07. The Morgan fingerprint density at radius 1 is 1.39 bits per heavy atom. The van der Waals surface area contributed by atoms with Gasteiger partial charge in [0.05, 0.1) is 12.1 Å². The van der Waals surface area contributed by atoms with Crippen molar-refractivity contribution in [1.29, 1.82) is 0 Å². The van der Waals surface area contributed by atoms with E-state index >= 15 is 0 Å². The molecule has 1 aromatic rings. The van der Waals surface area contributed by atoms with E-state index in [9.17, 15) is 13.6 Å². The predicted octanol–water partition coefficient (Wildman–Crippen LogP) is 2.88. The fourth-order valence-electron chi connectivity index (χ4n) is 2.22. The summed E-state index contributed by atoms with van der Waals surface area (Å²) in [5.41, 5.74) is -0.157. The molecule has 0 heterocycles. The summed E-state index contributed by atoms with van der Waals surface area (Å²) < 4.78 is 26.4. The number of rotatable bonds is 5. The largest absolute Gasteiger partial charge is 0.299 e. The zero-order valence-corrected chi connectivity index (χ0v) is 10.5. The Morgan fingerprint density at radius 3 is 2.72 bits per heavy atom. The van der Waals surface area contributed by atoms with Crippen LogP contribution >= 0.6 is 0 Å². The predicted molar refractivity (Wildman–Crippen MR) is 65.5 cm³/mol. The monoisotopic (exact) mass is 253 g/mol. The van der Waals surface area contributed by atoms with Gasteiger partial charge in [0.2, 0.25) is 0 Å². The molecule has 0 unspecified atom stereocenters. The molecule has 0 atom stereocenters. The van der Waals surface area contributed by atoms with Gasteiger partial charge in [-0.25, -0.2) is 8.78 Å². The maximum atomic E-state index is 13.4. The standard InChI is InChI=1S/C14H17F2NO/c1-17(8-10-3-2-4-10)9-14(18)12-7-11(15)5-6-13(12)16/h5-7,10H,2-4,8-9H2,1H3. The minimum absolute atomic E-state index is 0.136. The third kappa shape index (κ3) is 3.13. The molecule has 0 N–H and O–H groups in total. The summed E-state index contributed by atoms with van der Waals surface area (Å²) in [5, 5.41) is 0. The normalized spacial score (nSPS) is 15.8. The maximum Gasteiger partial charge on any atom is 0.179 e. The van der Waals surface area contributed by atoms with Crippen molar-refractivity contribution in [3.63, 3.8) is 0 Å². The Hall–Kier alpha value is -1.29. The highest BCUT2D eigenvalue weighted by Gasteiger charge is 2.21. The van der Waals surface area contributed by atoms with Crippen LogP contribution in [0.3, 0.4) is 0 Å². The lowest BCUT2D eigenvalue weighted by molar-refractivity contribution is 0.0920. The van der Waals surface area contributed by atoms with Gasteiger partial charge in [0.1, 0.15) is 11.6 Å². The first-order valence-corrected chi connectivity index (χ1v) is 6.23. The molecule has 1 aromatic carbocycles. The number of benzene rings is 1. The van der Waals surface area contributed by atoms with Crippen molar-refractivity contribution in [3.05, 3.63) is 35.4 Å². The van der Waals surface area contributed by atoms with Crippen LogP contribution in [0.25, 0.3) is 0 Å². The Bertz CT molecular complexity index is 443. The number of carbonyl (C=O) groups excluding carboxylic acids is 1. The van der Waals surface area contributed by atoms with Crippen molar-refractivity contribution in [3.8, 4) is 0 Å². The van der Waals surface area contributed by atoms with Gasteiger partial charge in [0.15, 0.2) is 5.78 Å². The molecule has 0 saturated heterocycles. The molecule has 98 valence electrons. The van der Waals surface area contributed by atoms with Crippen LogP contribution < -0.4 is 0 Å². The third-order valence-corrected chi connectivity index (χ3v) is 3.44. The van der Waals surface area contributed by atoms with Gasteiger partial charge in [0, 0.05) is 6.54 Å². The van der Waals surface area contributed by atoms with E-state index in [1.54, 1.807) is 0 Å². The van der Waals surface area contributed by atoms with Gasteiger partial charge < -0.3 is 0 Å². The molecule has 2 nitrogen and oxygen atoms in total. The summed E-state index contributed by atoms with van der Waals surface area (Å²) >= 11 is 0. The lowest BCUT2D eigenvalue weighted by atomic mass is 9.85. The molecule has 0 spiro atoms. The van der Waals surface area contributed by atoms with E-state index in [4.69, 9.17) is 0 Å². The molecule has 1 aliphatic rings. The summed E-state index contributed by atoms with van der Waals surface area (Å²) in [6.45, 7) is 0.986. The fraction of sp³-hybridized carbons (Fsp3) is 0.500.